The molecule has 6 heteroatoms. The average Bonchev–Trinajstić information content (AvgIpc) is 2.86. The van der Waals surface area contributed by atoms with E-state index >= 15 is 0 Å². The standard InChI is InChI=1S/C13H8ClFO4/c1-18-13(17)11-5-4-10(19-11)12(16)8-3-2-7(14)6-9(8)15/h2-6H,1H3. The van der Waals surface area contributed by atoms with Gasteiger partial charge >= 0.3 is 5.97 Å². The van der Waals surface area contributed by atoms with Crippen molar-refractivity contribution in [2.45, 2.75) is 0 Å². The van der Waals surface area contributed by atoms with Crippen molar-refractivity contribution in [1.29, 1.82) is 0 Å². The molecule has 0 atom stereocenters. The lowest BCUT2D eigenvalue weighted by atomic mass is 10.1. The summed E-state index contributed by atoms with van der Waals surface area (Å²) in [5, 5.41) is 0.184. The molecule has 19 heavy (non-hydrogen) atoms. The predicted octanol–water partition coefficient (Wildman–Crippen LogP) is 3.09. The molecule has 98 valence electrons. The first-order chi connectivity index (χ1) is 9.02. The normalized spacial score (nSPS) is 10.3. The topological polar surface area (TPSA) is 56.5 Å². The quantitative estimate of drug-likeness (QED) is 0.641. The molecule has 0 bridgehead atoms. The Morgan fingerprint density at radius 2 is 1.89 bits per heavy atom. The first-order valence-electron chi connectivity index (χ1n) is 5.21. The highest BCUT2D eigenvalue weighted by molar-refractivity contribution is 6.30. The first kappa shape index (κ1) is 13.3. The predicted molar refractivity (Wildman–Crippen MR) is 64.9 cm³/mol. The second kappa shape index (κ2) is 5.24. The van der Waals surface area contributed by atoms with E-state index in [0.29, 0.717) is 0 Å². The Labute approximate surface area is 112 Å². The van der Waals surface area contributed by atoms with Crippen molar-refractivity contribution >= 4 is 23.4 Å². The summed E-state index contributed by atoms with van der Waals surface area (Å²) in [6.07, 6.45) is 0. The molecule has 4 nitrogen and oxygen atoms in total. The van der Waals surface area contributed by atoms with E-state index in [9.17, 15) is 14.0 Å². The zero-order valence-electron chi connectivity index (χ0n) is 9.78. The van der Waals surface area contributed by atoms with Crippen LogP contribution in [0.2, 0.25) is 5.02 Å². The van der Waals surface area contributed by atoms with E-state index in [1.54, 1.807) is 0 Å². The van der Waals surface area contributed by atoms with E-state index in [1.807, 2.05) is 0 Å². The SMILES string of the molecule is COC(=O)c1ccc(C(=O)c2ccc(Cl)cc2F)o1. The number of benzene rings is 1. The molecule has 0 saturated carbocycles. The van der Waals surface area contributed by atoms with Gasteiger partial charge in [0.25, 0.3) is 0 Å². The number of methoxy groups -OCH3 is 1. The Morgan fingerprint density at radius 3 is 2.53 bits per heavy atom. The van der Waals surface area contributed by atoms with Gasteiger partial charge in [-0.05, 0) is 30.3 Å². The zero-order chi connectivity index (χ0) is 14.0. The van der Waals surface area contributed by atoms with Gasteiger partial charge < -0.3 is 9.15 Å². The summed E-state index contributed by atoms with van der Waals surface area (Å²) in [6, 6.07) is 6.23. The average molecular weight is 283 g/mol. The fourth-order valence-corrected chi connectivity index (χ4v) is 1.64. The van der Waals surface area contributed by atoms with E-state index in [1.165, 1.54) is 31.4 Å². The van der Waals surface area contributed by atoms with Crippen LogP contribution in [0, 0.1) is 5.82 Å². The van der Waals surface area contributed by atoms with Crippen LogP contribution in [0.25, 0.3) is 0 Å². The van der Waals surface area contributed by atoms with Crippen LogP contribution in [0.5, 0.6) is 0 Å². The minimum Gasteiger partial charge on any atom is -0.463 e. The Bertz CT molecular complexity index is 648. The van der Waals surface area contributed by atoms with Gasteiger partial charge in [-0.3, -0.25) is 4.79 Å². The molecule has 0 fully saturated rings. The third-order valence-electron chi connectivity index (χ3n) is 2.39. The molecular weight excluding hydrogens is 275 g/mol. The van der Waals surface area contributed by atoms with Gasteiger partial charge in [-0.1, -0.05) is 11.6 Å². The number of rotatable bonds is 3. The number of furan rings is 1. The zero-order valence-corrected chi connectivity index (χ0v) is 10.5. The van der Waals surface area contributed by atoms with Crippen molar-refractivity contribution in [2.75, 3.05) is 7.11 Å². The number of esters is 1. The fraction of sp³-hybridized carbons (Fsp3) is 0.0769. The van der Waals surface area contributed by atoms with Crippen LogP contribution < -0.4 is 0 Å². The molecule has 1 aromatic heterocycles. The molecule has 0 N–H and O–H groups in total. The molecule has 0 spiro atoms. The maximum absolute atomic E-state index is 13.6. The largest absolute Gasteiger partial charge is 0.463 e. The molecule has 0 amide bonds. The van der Waals surface area contributed by atoms with Crippen LogP contribution >= 0.6 is 11.6 Å². The summed E-state index contributed by atoms with van der Waals surface area (Å²) in [6.45, 7) is 0. The Balaban J connectivity index is 2.34. The molecule has 2 aromatic rings. The smallest absolute Gasteiger partial charge is 0.373 e. The Morgan fingerprint density at radius 1 is 1.21 bits per heavy atom. The summed E-state index contributed by atoms with van der Waals surface area (Å²) in [7, 11) is 1.19. The maximum Gasteiger partial charge on any atom is 0.373 e. The number of carbonyl (C=O) groups is 2. The molecule has 0 aliphatic rings. The lowest BCUT2D eigenvalue weighted by molar-refractivity contribution is 0.0563. The number of hydrogen-bond donors (Lipinski definition) is 0. The number of carbonyl (C=O) groups excluding carboxylic acids is 2. The van der Waals surface area contributed by atoms with Crippen LogP contribution in [0.15, 0.2) is 34.7 Å². The highest BCUT2D eigenvalue weighted by Crippen LogP contribution is 2.19. The minimum atomic E-state index is -0.756. The lowest BCUT2D eigenvalue weighted by Gasteiger charge is -2.00. The Kier molecular flexibility index (Phi) is 3.66. The lowest BCUT2D eigenvalue weighted by Crippen LogP contribution is -2.03. The molecule has 0 unspecified atom stereocenters. The van der Waals surface area contributed by atoms with E-state index in [-0.39, 0.29) is 22.1 Å². The molecular formula is C13H8ClFO4. The summed E-state index contributed by atoms with van der Waals surface area (Å²) >= 11 is 5.60. The summed E-state index contributed by atoms with van der Waals surface area (Å²) in [5.74, 6) is -2.42. The van der Waals surface area contributed by atoms with Gasteiger partial charge in [-0.15, -0.1) is 0 Å². The van der Waals surface area contributed by atoms with Gasteiger partial charge in [-0.25, -0.2) is 9.18 Å². The molecule has 0 aliphatic heterocycles. The summed E-state index contributed by atoms with van der Waals surface area (Å²) < 4.78 is 23.0. The number of ether oxygens (including phenoxy) is 1. The third kappa shape index (κ3) is 2.66. The molecule has 0 saturated heterocycles. The van der Waals surface area contributed by atoms with Crippen LogP contribution in [0.4, 0.5) is 4.39 Å². The number of halogens is 2. The molecule has 1 aromatic carbocycles. The van der Waals surface area contributed by atoms with Gasteiger partial charge in [0, 0.05) is 5.02 Å². The van der Waals surface area contributed by atoms with Crippen molar-refractivity contribution in [1.82, 2.24) is 0 Å². The summed E-state index contributed by atoms with van der Waals surface area (Å²) in [4.78, 5) is 23.2. The Hall–Kier alpha value is -2.14. The van der Waals surface area contributed by atoms with Gasteiger partial charge in [0.05, 0.1) is 12.7 Å². The molecule has 0 aliphatic carbocycles. The van der Waals surface area contributed by atoms with Crippen molar-refractivity contribution in [3.05, 3.63) is 58.3 Å². The van der Waals surface area contributed by atoms with Crippen molar-refractivity contribution in [3.63, 3.8) is 0 Å². The molecule has 2 rings (SSSR count). The highest BCUT2D eigenvalue weighted by atomic mass is 35.5. The first-order valence-corrected chi connectivity index (χ1v) is 5.58. The van der Waals surface area contributed by atoms with Gasteiger partial charge in [-0.2, -0.15) is 0 Å². The second-order valence-electron chi connectivity index (χ2n) is 3.61. The van der Waals surface area contributed by atoms with E-state index < -0.39 is 17.6 Å². The van der Waals surface area contributed by atoms with Crippen LogP contribution in [-0.2, 0) is 4.74 Å². The van der Waals surface area contributed by atoms with Gasteiger partial charge in [0.1, 0.15) is 5.82 Å². The van der Waals surface area contributed by atoms with Crippen molar-refractivity contribution in [2.24, 2.45) is 0 Å². The number of ketones is 1. The third-order valence-corrected chi connectivity index (χ3v) is 2.63. The van der Waals surface area contributed by atoms with Crippen LogP contribution in [0.1, 0.15) is 26.7 Å². The van der Waals surface area contributed by atoms with Crippen molar-refractivity contribution in [3.8, 4) is 0 Å². The van der Waals surface area contributed by atoms with Crippen molar-refractivity contribution < 1.29 is 23.1 Å². The number of hydrogen-bond acceptors (Lipinski definition) is 4. The van der Waals surface area contributed by atoms with Gasteiger partial charge in [0.2, 0.25) is 11.5 Å². The fourth-order valence-electron chi connectivity index (χ4n) is 1.48. The van der Waals surface area contributed by atoms with E-state index in [4.69, 9.17) is 16.0 Å². The minimum absolute atomic E-state index is 0.125. The molecule has 1 heterocycles. The van der Waals surface area contributed by atoms with Crippen LogP contribution in [0.3, 0.4) is 0 Å². The summed E-state index contributed by atoms with van der Waals surface area (Å²) in [5.41, 5.74) is -0.185. The molecule has 0 radical (unpaired) electrons. The second-order valence-corrected chi connectivity index (χ2v) is 4.05. The van der Waals surface area contributed by atoms with Crippen LogP contribution in [-0.4, -0.2) is 18.9 Å². The van der Waals surface area contributed by atoms with E-state index in [0.717, 1.165) is 6.07 Å². The highest BCUT2D eigenvalue weighted by Gasteiger charge is 2.20. The maximum atomic E-state index is 13.6. The monoisotopic (exact) mass is 282 g/mol. The van der Waals surface area contributed by atoms with Gasteiger partial charge in [0.15, 0.2) is 5.76 Å². The van der Waals surface area contributed by atoms with E-state index in [2.05, 4.69) is 4.74 Å².